The van der Waals surface area contributed by atoms with Crippen LogP contribution in [0.25, 0.3) is 0 Å². The molecule has 90 valence electrons. The largest absolute Gasteiger partial charge is 0.283 e. The molecule has 0 heterocycles. The molecule has 0 saturated heterocycles. The highest BCUT2D eigenvalue weighted by atomic mass is 35.5. The zero-order valence-corrected chi connectivity index (χ0v) is 10.7. The van der Waals surface area contributed by atoms with Crippen LogP contribution in [0.5, 0.6) is 0 Å². The van der Waals surface area contributed by atoms with Gasteiger partial charge in [-0.2, -0.15) is 5.26 Å². The molecule has 1 aromatic carbocycles. The zero-order valence-electron chi connectivity index (χ0n) is 9.90. The van der Waals surface area contributed by atoms with Crippen molar-refractivity contribution in [2.75, 3.05) is 6.54 Å². The van der Waals surface area contributed by atoms with E-state index >= 15 is 0 Å². The highest BCUT2D eigenvalue weighted by Crippen LogP contribution is 2.24. The van der Waals surface area contributed by atoms with Crippen LogP contribution in [-0.2, 0) is 6.54 Å². The molecular formula is C14H17ClN2. The highest BCUT2D eigenvalue weighted by molar-refractivity contribution is 6.30. The summed E-state index contributed by atoms with van der Waals surface area (Å²) in [5, 5.41) is 9.67. The molecule has 0 N–H and O–H groups in total. The molecule has 1 fully saturated rings. The van der Waals surface area contributed by atoms with Gasteiger partial charge in [0.1, 0.15) is 0 Å². The van der Waals surface area contributed by atoms with Crippen molar-refractivity contribution in [2.45, 2.75) is 38.3 Å². The van der Waals surface area contributed by atoms with E-state index in [1.807, 2.05) is 24.3 Å². The Balaban J connectivity index is 2.01. The molecule has 0 radical (unpaired) electrons. The van der Waals surface area contributed by atoms with E-state index in [0.717, 1.165) is 11.6 Å². The molecule has 1 aromatic rings. The lowest BCUT2D eigenvalue weighted by atomic mass is 10.1. The van der Waals surface area contributed by atoms with Crippen molar-refractivity contribution in [3.05, 3.63) is 34.9 Å². The van der Waals surface area contributed by atoms with Crippen molar-refractivity contribution < 1.29 is 0 Å². The quantitative estimate of drug-likeness (QED) is 0.762. The second-order valence-corrected chi connectivity index (χ2v) is 5.06. The number of rotatable bonds is 4. The SMILES string of the molecule is N#CCN(Cc1ccc(Cl)cc1)C1CCCC1. The summed E-state index contributed by atoms with van der Waals surface area (Å²) in [6.07, 6.45) is 5.06. The zero-order chi connectivity index (χ0) is 12.1. The molecule has 0 atom stereocenters. The average Bonchev–Trinajstić information content (AvgIpc) is 2.85. The Morgan fingerprint density at radius 3 is 2.47 bits per heavy atom. The van der Waals surface area contributed by atoms with E-state index in [1.54, 1.807) is 0 Å². The van der Waals surface area contributed by atoms with Crippen molar-refractivity contribution in [3.8, 4) is 6.07 Å². The summed E-state index contributed by atoms with van der Waals surface area (Å²) < 4.78 is 0. The Bertz CT molecular complexity index is 388. The van der Waals surface area contributed by atoms with Crippen molar-refractivity contribution in [1.29, 1.82) is 5.26 Å². The topological polar surface area (TPSA) is 27.0 Å². The van der Waals surface area contributed by atoms with Gasteiger partial charge < -0.3 is 0 Å². The number of nitriles is 1. The second-order valence-electron chi connectivity index (χ2n) is 4.63. The number of hydrogen-bond acceptors (Lipinski definition) is 2. The lowest BCUT2D eigenvalue weighted by Crippen LogP contribution is -2.33. The van der Waals surface area contributed by atoms with Gasteiger partial charge in [-0.3, -0.25) is 4.90 Å². The molecule has 0 aliphatic heterocycles. The molecule has 0 aromatic heterocycles. The first-order valence-corrected chi connectivity index (χ1v) is 6.53. The van der Waals surface area contributed by atoms with Gasteiger partial charge in [-0.05, 0) is 30.5 Å². The Morgan fingerprint density at radius 2 is 1.88 bits per heavy atom. The summed E-state index contributed by atoms with van der Waals surface area (Å²) in [4.78, 5) is 2.29. The molecule has 2 rings (SSSR count). The van der Waals surface area contributed by atoms with Gasteiger partial charge >= 0.3 is 0 Å². The third-order valence-corrected chi connectivity index (χ3v) is 3.67. The normalized spacial score (nSPS) is 16.3. The Morgan fingerprint density at radius 1 is 1.24 bits per heavy atom. The maximum Gasteiger partial charge on any atom is 0.0871 e. The molecule has 3 heteroatoms. The van der Waals surface area contributed by atoms with Crippen LogP contribution in [0, 0.1) is 11.3 Å². The second kappa shape index (κ2) is 6.05. The van der Waals surface area contributed by atoms with E-state index in [0.29, 0.717) is 12.6 Å². The van der Waals surface area contributed by atoms with E-state index in [9.17, 15) is 0 Å². The molecular weight excluding hydrogens is 232 g/mol. The lowest BCUT2D eigenvalue weighted by molar-refractivity contribution is 0.214. The average molecular weight is 249 g/mol. The smallest absolute Gasteiger partial charge is 0.0871 e. The molecule has 2 nitrogen and oxygen atoms in total. The van der Waals surface area contributed by atoms with Crippen LogP contribution in [0.2, 0.25) is 5.02 Å². The van der Waals surface area contributed by atoms with Crippen LogP contribution < -0.4 is 0 Å². The van der Waals surface area contributed by atoms with E-state index in [-0.39, 0.29) is 0 Å². The lowest BCUT2D eigenvalue weighted by Gasteiger charge is -2.26. The fraction of sp³-hybridized carbons (Fsp3) is 0.500. The fourth-order valence-corrected chi connectivity index (χ4v) is 2.62. The van der Waals surface area contributed by atoms with Gasteiger partial charge in [0.15, 0.2) is 0 Å². The first-order valence-electron chi connectivity index (χ1n) is 6.15. The first kappa shape index (κ1) is 12.4. The standard InChI is InChI=1S/C14H17ClN2/c15-13-7-5-12(6-8-13)11-17(10-9-16)14-3-1-2-4-14/h5-8,14H,1-4,10-11H2. The van der Waals surface area contributed by atoms with Gasteiger partial charge in [-0.1, -0.05) is 36.6 Å². The monoisotopic (exact) mass is 248 g/mol. The van der Waals surface area contributed by atoms with Gasteiger partial charge in [0.05, 0.1) is 12.6 Å². The predicted molar refractivity (Wildman–Crippen MR) is 69.7 cm³/mol. The van der Waals surface area contributed by atoms with E-state index in [2.05, 4.69) is 11.0 Å². The third kappa shape index (κ3) is 3.46. The van der Waals surface area contributed by atoms with Crippen molar-refractivity contribution in [2.24, 2.45) is 0 Å². The van der Waals surface area contributed by atoms with Crippen molar-refractivity contribution >= 4 is 11.6 Å². The molecule has 17 heavy (non-hydrogen) atoms. The third-order valence-electron chi connectivity index (χ3n) is 3.41. The molecule has 0 unspecified atom stereocenters. The molecule has 1 aliphatic carbocycles. The van der Waals surface area contributed by atoms with Gasteiger partial charge in [0, 0.05) is 17.6 Å². The maximum absolute atomic E-state index is 8.91. The summed E-state index contributed by atoms with van der Waals surface area (Å²) in [6.45, 7) is 1.38. The van der Waals surface area contributed by atoms with Crippen LogP contribution in [0.1, 0.15) is 31.2 Å². The minimum absolute atomic E-state index is 0.521. The van der Waals surface area contributed by atoms with E-state index < -0.39 is 0 Å². The van der Waals surface area contributed by atoms with Gasteiger partial charge in [0.25, 0.3) is 0 Å². The van der Waals surface area contributed by atoms with Crippen LogP contribution >= 0.6 is 11.6 Å². The maximum atomic E-state index is 8.91. The Hall–Kier alpha value is -1.04. The van der Waals surface area contributed by atoms with Crippen LogP contribution in [0.3, 0.4) is 0 Å². The van der Waals surface area contributed by atoms with Crippen LogP contribution in [0.4, 0.5) is 0 Å². The van der Waals surface area contributed by atoms with Crippen LogP contribution in [0.15, 0.2) is 24.3 Å². The summed E-state index contributed by atoms with van der Waals surface area (Å²) >= 11 is 5.87. The molecule has 0 amide bonds. The summed E-state index contributed by atoms with van der Waals surface area (Å²) in [5.41, 5.74) is 1.23. The van der Waals surface area contributed by atoms with Gasteiger partial charge in [0.2, 0.25) is 0 Å². The Labute approximate surface area is 108 Å². The fourth-order valence-electron chi connectivity index (χ4n) is 2.50. The summed E-state index contributed by atoms with van der Waals surface area (Å²) in [5.74, 6) is 0. The minimum atomic E-state index is 0.521. The Kier molecular flexibility index (Phi) is 4.42. The minimum Gasteiger partial charge on any atom is -0.283 e. The number of nitrogens with zero attached hydrogens (tertiary/aromatic N) is 2. The first-order chi connectivity index (χ1) is 8.29. The van der Waals surface area contributed by atoms with Crippen molar-refractivity contribution in [1.82, 2.24) is 4.90 Å². The van der Waals surface area contributed by atoms with Gasteiger partial charge in [-0.25, -0.2) is 0 Å². The number of halogens is 1. The van der Waals surface area contributed by atoms with Crippen molar-refractivity contribution in [3.63, 3.8) is 0 Å². The summed E-state index contributed by atoms with van der Waals surface area (Å²) in [7, 11) is 0. The van der Waals surface area contributed by atoms with E-state index in [1.165, 1.54) is 31.2 Å². The predicted octanol–water partition coefficient (Wildman–Crippen LogP) is 3.61. The van der Waals surface area contributed by atoms with E-state index in [4.69, 9.17) is 16.9 Å². The molecule has 1 aliphatic rings. The molecule has 1 saturated carbocycles. The summed E-state index contributed by atoms with van der Waals surface area (Å²) in [6, 6.07) is 10.8. The highest BCUT2D eigenvalue weighted by Gasteiger charge is 2.22. The molecule has 0 spiro atoms. The number of benzene rings is 1. The van der Waals surface area contributed by atoms with Crippen LogP contribution in [-0.4, -0.2) is 17.5 Å². The molecule has 0 bridgehead atoms. The number of hydrogen-bond donors (Lipinski definition) is 0. The van der Waals surface area contributed by atoms with Gasteiger partial charge in [-0.15, -0.1) is 0 Å².